The van der Waals surface area contributed by atoms with Gasteiger partial charge in [0, 0.05) is 12.2 Å². The highest BCUT2D eigenvalue weighted by Crippen LogP contribution is 2.04. The molecule has 0 aromatic heterocycles. The predicted molar refractivity (Wildman–Crippen MR) is 72.2 cm³/mol. The number of rotatable bonds is 8. The van der Waals surface area contributed by atoms with E-state index in [1.165, 1.54) is 30.7 Å². The molecule has 0 heterocycles. The molecule has 4 nitrogen and oxygen atoms in total. The first kappa shape index (κ1) is 21.0. The first-order chi connectivity index (χ1) is 8.66. The van der Waals surface area contributed by atoms with Crippen molar-refractivity contribution in [3.8, 4) is 0 Å². The molecule has 0 radical (unpaired) electrons. The molecule has 0 unspecified atom stereocenters. The van der Waals surface area contributed by atoms with E-state index in [1.807, 2.05) is 0 Å². The van der Waals surface area contributed by atoms with Crippen molar-refractivity contribution in [2.75, 3.05) is 31.9 Å². The van der Waals surface area contributed by atoms with Crippen LogP contribution < -0.4 is 0 Å². The average molecular weight is 303 g/mol. The van der Waals surface area contributed by atoms with E-state index in [-0.39, 0.29) is 6.42 Å². The van der Waals surface area contributed by atoms with Gasteiger partial charge in [-0.1, -0.05) is 0 Å². The molecule has 118 valence electrons. The quantitative estimate of drug-likeness (QED) is 0.511. The molecule has 0 aliphatic heterocycles. The van der Waals surface area contributed by atoms with Gasteiger partial charge in [-0.3, -0.25) is 0 Å². The Balaban J connectivity index is 0. The zero-order valence-electron chi connectivity index (χ0n) is 12.4. The molecule has 0 aromatic rings. The van der Waals surface area contributed by atoms with Crippen molar-refractivity contribution in [2.45, 2.75) is 47.0 Å². The van der Waals surface area contributed by atoms with Gasteiger partial charge in [0.15, 0.2) is 0 Å². The van der Waals surface area contributed by atoms with Crippen LogP contribution >= 0.6 is 0 Å². The molecule has 0 fully saturated rings. The molecular weight excluding hydrogens is 276 g/mol. The topological polar surface area (TPSA) is 57.2 Å². The van der Waals surface area contributed by atoms with E-state index in [0.717, 1.165) is 0 Å². The molecule has 0 bridgehead atoms. The fourth-order valence-corrected chi connectivity index (χ4v) is 2.28. The van der Waals surface area contributed by atoms with Crippen LogP contribution in [0.3, 0.4) is 0 Å². The van der Waals surface area contributed by atoms with Gasteiger partial charge >= 0.3 is 0 Å². The Morgan fingerprint density at radius 1 is 1.00 bits per heavy atom. The van der Waals surface area contributed by atoms with Crippen molar-refractivity contribution in [3.05, 3.63) is 0 Å². The highest BCUT2D eigenvalue weighted by molar-refractivity contribution is 7.85. The van der Waals surface area contributed by atoms with Gasteiger partial charge in [-0.2, -0.15) is 0 Å². The zero-order chi connectivity index (χ0) is 15.5. The molecule has 0 N–H and O–H groups in total. The second-order valence-electron chi connectivity index (χ2n) is 4.40. The Hall–Kier alpha value is -0.270. The maximum atomic E-state index is 11.3. The van der Waals surface area contributed by atoms with Gasteiger partial charge in [-0.05, 0) is 34.1 Å². The van der Waals surface area contributed by atoms with Gasteiger partial charge in [0.05, 0.1) is 36.3 Å². The van der Waals surface area contributed by atoms with Gasteiger partial charge in [-0.15, -0.1) is 0 Å². The fourth-order valence-electron chi connectivity index (χ4n) is 1.76. The molecule has 0 saturated heterocycles. The molecule has 19 heavy (non-hydrogen) atoms. The lowest BCUT2D eigenvalue weighted by molar-refractivity contribution is -0.921. The van der Waals surface area contributed by atoms with Gasteiger partial charge in [0.1, 0.15) is 0 Å². The third-order valence-electron chi connectivity index (χ3n) is 3.50. The van der Waals surface area contributed by atoms with Crippen molar-refractivity contribution in [3.63, 3.8) is 0 Å². The number of hydrogen-bond donors (Lipinski definition) is 0. The highest BCUT2D eigenvalue weighted by atomic mass is 32.2. The van der Waals surface area contributed by atoms with E-state index in [4.69, 9.17) is 0 Å². The second-order valence-corrected chi connectivity index (χ2v) is 5.93. The summed E-state index contributed by atoms with van der Waals surface area (Å²) in [6.45, 7) is 14.2. The van der Waals surface area contributed by atoms with E-state index >= 15 is 0 Å². The molecule has 0 spiro atoms. The second kappa shape index (κ2) is 10.5. The molecule has 7 heteroatoms. The van der Waals surface area contributed by atoms with E-state index < -0.39 is 28.7 Å². The van der Waals surface area contributed by atoms with Crippen LogP contribution in [0.1, 0.15) is 40.5 Å². The summed E-state index contributed by atoms with van der Waals surface area (Å²) in [5.74, 6) is -0.697. The normalized spacial score (nSPS) is 12.2. The number of hydrogen-bond acceptors (Lipinski definition) is 3. The zero-order valence-corrected chi connectivity index (χ0v) is 13.2. The van der Waals surface area contributed by atoms with E-state index in [9.17, 15) is 21.8 Å². The summed E-state index contributed by atoms with van der Waals surface area (Å²) < 4.78 is 53.3. The number of nitrogens with zero attached hydrogens (tertiary/aromatic N) is 1. The van der Waals surface area contributed by atoms with Gasteiger partial charge in [-0.25, -0.2) is 17.2 Å². The summed E-state index contributed by atoms with van der Waals surface area (Å²) >= 11 is 0. The third kappa shape index (κ3) is 12.5. The minimum absolute atomic E-state index is 0.260. The van der Waals surface area contributed by atoms with Crippen LogP contribution in [0.25, 0.3) is 0 Å². The molecule has 0 aliphatic carbocycles. The van der Waals surface area contributed by atoms with Crippen molar-refractivity contribution >= 4 is 10.1 Å². The molecule has 0 saturated carbocycles. The Kier molecular flexibility index (Phi) is 11.6. The molecule has 0 rings (SSSR count). The predicted octanol–water partition coefficient (Wildman–Crippen LogP) is 2.46. The molecule has 0 atom stereocenters. The summed E-state index contributed by atoms with van der Waals surface area (Å²) in [6, 6.07) is 0. The minimum atomic E-state index is -4.30. The fraction of sp³-hybridized carbons (Fsp3) is 1.00. The SMILES string of the molecule is CC[N+](CC)(CC)CC.O=S(=O)([O-])CCCC(F)F. The van der Waals surface area contributed by atoms with E-state index in [0.29, 0.717) is 0 Å². The first-order valence-corrected chi connectivity index (χ1v) is 8.30. The molecular formula is C12H27F2NO3S. The Morgan fingerprint density at radius 2 is 1.37 bits per heavy atom. The molecule has 0 aromatic carbocycles. The van der Waals surface area contributed by atoms with Crippen LogP contribution in [-0.4, -0.2) is 55.8 Å². The van der Waals surface area contributed by atoms with Crippen LogP contribution in [-0.2, 0) is 10.1 Å². The van der Waals surface area contributed by atoms with Gasteiger partial charge in [0.2, 0.25) is 6.43 Å². The van der Waals surface area contributed by atoms with E-state index in [2.05, 4.69) is 27.7 Å². The highest BCUT2D eigenvalue weighted by Gasteiger charge is 2.16. The van der Waals surface area contributed by atoms with E-state index in [1.54, 1.807) is 0 Å². The first-order valence-electron chi connectivity index (χ1n) is 6.73. The number of alkyl halides is 2. The summed E-state index contributed by atoms with van der Waals surface area (Å²) in [6.07, 6.45) is -3.31. The Labute approximate surface area is 116 Å². The van der Waals surface area contributed by atoms with Crippen LogP contribution in [0.2, 0.25) is 0 Å². The smallest absolute Gasteiger partial charge is 0.238 e. The number of quaternary nitrogens is 1. The lowest BCUT2D eigenvalue weighted by Gasteiger charge is -2.34. The van der Waals surface area contributed by atoms with Gasteiger partial charge in [0.25, 0.3) is 0 Å². The maximum Gasteiger partial charge on any atom is 0.238 e. The Morgan fingerprint density at radius 3 is 1.53 bits per heavy atom. The van der Waals surface area contributed by atoms with Crippen molar-refractivity contribution in [1.29, 1.82) is 0 Å². The summed E-state index contributed by atoms with van der Waals surface area (Å²) in [4.78, 5) is 0. The van der Waals surface area contributed by atoms with Crippen LogP contribution in [0.5, 0.6) is 0 Å². The maximum absolute atomic E-state index is 11.3. The molecule has 0 amide bonds. The monoisotopic (exact) mass is 303 g/mol. The number of halogens is 2. The summed E-state index contributed by atoms with van der Waals surface area (Å²) in [7, 11) is -4.30. The summed E-state index contributed by atoms with van der Waals surface area (Å²) in [5, 5.41) is 0. The van der Waals surface area contributed by atoms with Crippen LogP contribution in [0.15, 0.2) is 0 Å². The third-order valence-corrected chi connectivity index (χ3v) is 4.29. The summed E-state index contributed by atoms with van der Waals surface area (Å²) in [5.41, 5.74) is 0. The standard InChI is InChI=1S/C8H20N.C4H8F2O3S/c1-5-9(6-2,7-3)8-4;5-4(6)2-1-3-10(7,8)9/h5-8H2,1-4H3;4H,1-3H2,(H,7,8,9)/q+1;/p-1. The van der Waals surface area contributed by atoms with Gasteiger partial charge < -0.3 is 9.04 Å². The Bertz CT molecular complexity index is 287. The van der Waals surface area contributed by atoms with Crippen LogP contribution in [0, 0.1) is 0 Å². The van der Waals surface area contributed by atoms with Crippen LogP contribution in [0.4, 0.5) is 8.78 Å². The lowest BCUT2D eigenvalue weighted by Crippen LogP contribution is -2.47. The largest absolute Gasteiger partial charge is 0.748 e. The van der Waals surface area contributed by atoms with Crippen molar-refractivity contribution in [2.24, 2.45) is 0 Å². The minimum Gasteiger partial charge on any atom is -0.748 e. The molecule has 0 aliphatic rings. The van der Waals surface area contributed by atoms with Crippen molar-refractivity contribution in [1.82, 2.24) is 0 Å². The lowest BCUT2D eigenvalue weighted by atomic mass is 10.3. The van der Waals surface area contributed by atoms with Crippen molar-refractivity contribution < 1.29 is 26.2 Å². The average Bonchev–Trinajstić information content (AvgIpc) is 2.31.